The standard InChI is InChI=1S/C13H19N3O4/c1-9(2)7-20-13(17)15-10-3-5-11(6-4-10)19-8-12(14)16-18/h3-6,9,18H,7-8H2,1-2H3,(H2,14,16)(H,15,17). The van der Waals surface area contributed by atoms with Crippen LogP contribution in [0.4, 0.5) is 10.5 Å². The van der Waals surface area contributed by atoms with Crippen molar-refractivity contribution in [3.63, 3.8) is 0 Å². The van der Waals surface area contributed by atoms with Crippen molar-refractivity contribution in [3.8, 4) is 5.75 Å². The van der Waals surface area contributed by atoms with Crippen molar-refractivity contribution in [2.45, 2.75) is 13.8 Å². The fourth-order valence-corrected chi connectivity index (χ4v) is 1.22. The molecule has 0 fully saturated rings. The monoisotopic (exact) mass is 281 g/mol. The van der Waals surface area contributed by atoms with E-state index in [2.05, 4.69) is 10.5 Å². The Balaban J connectivity index is 2.44. The Morgan fingerprint density at radius 1 is 1.40 bits per heavy atom. The molecule has 0 saturated heterocycles. The largest absolute Gasteiger partial charge is 0.486 e. The van der Waals surface area contributed by atoms with E-state index in [9.17, 15) is 4.79 Å². The van der Waals surface area contributed by atoms with Crippen molar-refractivity contribution in [2.24, 2.45) is 16.8 Å². The van der Waals surface area contributed by atoms with E-state index in [1.54, 1.807) is 24.3 Å². The molecule has 1 aromatic rings. The van der Waals surface area contributed by atoms with Gasteiger partial charge in [-0.05, 0) is 30.2 Å². The molecule has 0 heterocycles. The Bertz CT molecular complexity index is 457. The molecule has 0 saturated carbocycles. The molecule has 0 aliphatic rings. The molecule has 0 radical (unpaired) electrons. The number of anilines is 1. The van der Waals surface area contributed by atoms with Crippen LogP contribution in [-0.4, -0.2) is 30.3 Å². The number of hydrogen-bond acceptors (Lipinski definition) is 5. The smallest absolute Gasteiger partial charge is 0.411 e. The van der Waals surface area contributed by atoms with E-state index in [1.165, 1.54) is 0 Å². The topological polar surface area (TPSA) is 106 Å². The quantitative estimate of drug-likeness (QED) is 0.320. The Morgan fingerprint density at radius 2 is 2.05 bits per heavy atom. The lowest BCUT2D eigenvalue weighted by molar-refractivity contribution is 0.147. The third-order valence-corrected chi connectivity index (χ3v) is 2.16. The lowest BCUT2D eigenvalue weighted by Crippen LogP contribution is -2.20. The number of oxime groups is 1. The zero-order valence-corrected chi connectivity index (χ0v) is 11.5. The van der Waals surface area contributed by atoms with Gasteiger partial charge >= 0.3 is 6.09 Å². The van der Waals surface area contributed by atoms with Crippen LogP contribution in [-0.2, 0) is 4.74 Å². The number of rotatable bonds is 6. The number of amidine groups is 1. The second-order valence-electron chi connectivity index (χ2n) is 4.52. The van der Waals surface area contributed by atoms with Gasteiger partial charge in [0.15, 0.2) is 5.84 Å². The van der Waals surface area contributed by atoms with Gasteiger partial charge in [0, 0.05) is 5.69 Å². The Kier molecular flexibility index (Phi) is 6.15. The molecule has 0 aliphatic carbocycles. The van der Waals surface area contributed by atoms with Crippen molar-refractivity contribution in [2.75, 3.05) is 18.5 Å². The summed E-state index contributed by atoms with van der Waals surface area (Å²) in [5.41, 5.74) is 5.87. The Hall–Kier alpha value is -2.44. The van der Waals surface area contributed by atoms with Gasteiger partial charge in [-0.1, -0.05) is 19.0 Å². The first-order chi connectivity index (χ1) is 9.51. The Morgan fingerprint density at radius 3 is 2.60 bits per heavy atom. The van der Waals surface area contributed by atoms with Gasteiger partial charge in [0.2, 0.25) is 0 Å². The van der Waals surface area contributed by atoms with Gasteiger partial charge < -0.3 is 20.4 Å². The second kappa shape index (κ2) is 7.88. The van der Waals surface area contributed by atoms with Crippen LogP contribution in [0.2, 0.25) is 0 Å². The zero-order chi connectivity index (χ0) is 15.0. The van der Waals surface area contributed by atoms with E-state index in [1.807, 2.05) is 13.8 Å². The summed E-state index contributed by atoms with van der Waals surface area (Å²) in [6.07, 6.45) is -0.496. The molecule has 0 bridgehead atoms. The molecule has 7 heteroatoms. The van der Waals surface area contributed by atoms with E-state index in [-0.39, 0.29) is 18.4 Å². The molecule has 0 aliphatic heterocycles. The average molecular weight is 281 g/mol. The van der Waals surface area contributed by atoms with Gasteiger partial charge in [0.1, 0.15) is 12.4 Å². The number of nitrogens with zero attached hydrogens (tertiary/aromatic N) is 1. The average Bonchev–Trinajstić information content (AvgIpc) is 2.44. The first-order valence-electron chi connectivity index (χ1n) is 6.14. The fraction of sp³-hybridized carbons (Fsp3) is 0.385. The highest BCUT2D eigenvalue weighted by Crippen LogP contribution is 2.15. The van der Waals surface area contributed by atoms with E-state index in [4.69, 9.17) is 20.4 Å². The van der Waals surface area contributed by atoms with E-state index >= 15 is 0 Å². The normalized spacial score (nSPS) is 11.2. The first-order valence-corrected chi connectivity index (χ1v) is 6.14. The summed E-state index contributed by atoms with van der Waals surface area (Å²) in [6.45, 7) is 4.27. The summed E-state index contributed by atoms with van der Waals surface area (Å²) in [5.74, 6) is 0.803. The molecule has 0 spiro atoms. The number of ether oxygens (including phenoxy) is 2. The molecule has 7 nitrogen and oxygen atoms in total. The summed E-state index contributed by atoms with van der Waals surface area (Å²) in [6, 6.07) is 6.64. The van der Waals surface area contributed by atoms with Gasteiger partial charge in [-0.2, -0.15) is 0 Å². The highest BCUT2D eigenvalue weighted by Gasteiger charge is 2.05. The Labute approximate surface area is 117 Å². The van der Waals surface area contributed by atoms with Crippen molar-refractivity contribution < 1.29 is 19.5 Å². The van der Waals surface area contributed by atoms with Crippen molar-refractivity contribution in [1.29, 1.82) is 0 Å². The lowest BCUT2D eigenvalue weighted by atomic mass is 10.2. The van der Waals surface area contributed by atoms with Crippen LogP contribution < -0.4 is 15.8 Å². The molecule has 0 aromatic heterocycles. The molecule has 1 amide bonds. The lowest BCUT2D eigenvalue weighted by Gasteiger charge is -2.09. The van der Waals surface area contributed by atoms with Crippen molar-refractivity contribution in [3.05, 3.63) is 24.3 Å². The third-order valence-electron chi connectivity index (χ3n) is 2.16. The summed E-state index contributed by atoms with van der Waals surface area (Å²) in [5, 5.41) is 13.8. The number of nitrogens with one attached hydrogen (secondary N) is 1. The number of carbonyl (C=O) groups is 1. The fourth-order valence-electron chi connectivity index (χ4n) is 1.22. The van der Waals surface area contributed by atoms with E-state index in [0.717, 1.165) is 0 Å². The predicted octanol–water partition coefficient (Wildman–Crippen LogP) is 2.02. The highest BCUT2D eigenvalue weighted by atomic mass is 16.5. The van der Waals surface area contributed by atoms with Crippen molar-refractivity contribution in [1.82, 2.24) is 0 Å². The van der Waals surface area contributed by atoms with Gasteiger partial charge in [0.25, 0.3) is 0 Å². The highest BCUT2D eigenvalue weighted by molar-refractivity contribution is 5.84. The molecule has 20 heavy (non-hydrogen) atoms. The van der Waals surface area contributed by atoms with Crippen LogP contribution in [0.3, 0.4) is 0 Å². The number of carbonyl (C=O) groups excluding carboxylic acids is 1. The molecule has 0 atom stereocenters. The van der Waals surface area contributed by atoms with Crippen LogP contribution in [0, 0.1) is 5.92 Å². The second-order valence-corrected chi connectivity index (χ2v) is 4.52. The van der Waals surface area contributed by atoms with Gasteiger partial charge in [0.05, 0.1) is 6.61 Å². The molecule has 1 rings (SSSR count). The summed E-state index contributed by atoms with van der Waals surface area (Å²) < 4.78 is 10.2. The molecule has 1 aromatic carbocycles. The van der Waals surface area contributed by atoms with Gasteiger partial charge in [-0.3, -0.25) is 5.32 Å². The maximum absolute atomic E-state index is 11.4. The summed E-state index contributed by atoms with van der Waals surface area (Å²) >= 11 is 0. The summed E-state index contributed by atoms with van der Waals surface area (Å²) in [7, 11) is 0. The van der Waals surface area contributed by atoms with Crippen LogP contribution >= 0.6 is 0 Å². The van der Waals surface area contributed by atoms with Crippen molar-refractivity contribution >= 4 is 17.6 Å². The first kappa shape index (κ1) is 15.6. The maximum Gasteiger partial charge on any atom is 0.411 e. The summed E-state index contributed by atoms with van der Waals surface area (Å²) in [4.78, 5) is 11.4. The minimum atomic E-state index is -0.496. The number of amides is 1. The zero-order valence-electron chi connectivity index (χ0n) is 11.5. The number of nitrogens with two attached hydrogens (primary N) is 1. The van der Waals surface area contributed by atoms with Crippen LogP contribution in [0.15, 0.2) is 29.4 Å². The molecular weight excluding hydrogens is 262 g/mol. The van der Waals surface area contributed by atoms with E-state index < -0.39 is 6.09 Å². The molecule has 4 N–H and O–H groups in total. The number of benzene rings is 1. The SMILES string of the molecule is CC(C)COC(=O)Nc1ccc(OC/C(N)=N/O)cc1. The number of hydrogen-bond donors (Lipinski definition) is 3. The minimum absolute atomic E-state index is 0.0142. The van der Waals surface area contributed by atoms with Gasteiger partial charge in [-0.25, -0.2) is 4.79 Å². The maximum atomic E-state index is 11.4. The minimum Gasteiger partial charge on any atom is -0.486 e. The van der Waals surface area contributed by atoms with Crippen LogP contribution in [0.25, 0.3) is 0 Å². The molecule has 110 valence electrons. The molecular formula is C13H19N3O4. The van der Waals surface area contributed by atoms with Crippen LogP contribution in [0.1, 0.15) is 13.8 Å². The van der Waals surface area contributed by atoms with Crippen LogP contribution in [0.5, 0.6) is 5.75 Å². The predicted molar refractivity (Wildman–Crippen MR) is 75.2 cm³/mol. The third kappa shape index (κ3) is 5.94. The molecule has 0 unspecified atom stereocenters. The van der Waals surface area contributed by atoms with Gasteiger partial charge in [-0.15, -0.1) is 0 Å². The van der Waals surface area contributed by atoms with E-state index in [0.29, 0.717) is 18.0 Å².